The van der Waals surface area contributed by atoms with Crippen LogP contribution in [-0.2, 0) is 0 Å². The first kappa shape index (κ1) is 11.6. The average molecular weight is 278 g/mol. The molecule has 5 heteroatoms. The van der Waals surface area contributed by atoms with E-state index in [0.29, 0.717) is 5.82 Å². The Morgan fingerprint density at radius 1 is 1.33 bits per heavy atom. The summed E-state index contributed by atoms with van der Waals surface area (Å²) in [5.74, 6) is 0.686. The van der Waals surface area contributed by atoms with Gasteiger partial charge in [0.1, 0.15) is 11.5 Å². The van der Waals surface area contributed by atoms with E-state index in [4.69, 9.17) is 17.3 Å². The molecule has 0 atom stereocenters. The van der Waals surface area contributed by atoms with Crippen molar-refractivity contribution >= 4 is 33.7 Å². The fourth-order valence-corrected chi connectivity index (χ4v) is 3.02. The molecule has 0 aliphatic rings. The normalized spacial score (nSPS) is 11.3. The standard InChI is InChI=1S/C13H12ClN3S/c1-7-5-9(3-4-10(7)14)11-12(15)17-8(2)6-18-13(17)16-11/h3-6H,15H2,1-2H3. The molecule has 0 unspecified atom stereocenters. The SMILES string of the molecule is Cc1cc(-c2nc3scc(C)n3c2N)ccc1Cl. The lowest BCUT2D eigenvalue weighted by molar-refractivity contribution is 1.14. The molecule has 2 N–H and O–H groups in total. The summed E-state index contributed by atoms with van der Waals surface area (Å²) < 4.78 is 1.98. The molecule has 0 amide bonds. The van der Waals surface area contributed by atoms with E-state index in [1.165, 1.54) is 0 Å². The fourth-order valence-electron chi connectivity index (χ4n) is 2.03. The van der Waals surface area contributed by atoms with Crippen LogP contribution in [0, 0.1) is 13.8 Å². The minimum Gasteiger partial charge on any atom is -0.383 e. The molecule has 2 aromatic heterocycles. The summed E-state index contributed by atoms with van der Waals surface area (Å²) in [6.45, 7) is 4.00. The number of imidazole rings is 1. The number of aryl methyl sites for hydroxylation is 2. The van der Waals surface area contributed by atoms with Crippen molar-refractivity contribution in [2.75, 3.05) is 5.73 Å². The molecule has 0 radical (unpaired) electrons. The quantitative estimate of drug-likeness (QED) is 0.733. The molecule has 0 aliphatic carbocycles. The number of halogens is 1. The maximum absolute atomic E-state index is 6.18. The van der Waals surface area contributed by atoms with Crippen LogP contribution in [0.25, 0.3) is 16.2 Å². The van der Waals surface area contributed by atoms with Crippen molar-refractivity contribution in [3.8, 4) is 11.3 Å². The number of thiazole rings is 1. The molecular weight excluding hydrogens is 266 g/mol. The van der Waals surface area contributed by atoms with Crippen LogP contribution in [0.15, 0.2) is 23.6 Å². The van der Waals surface area contributed by atoms with Crippen LogP contribution >= 0.6 is 22.9 Å². The molecular formula is C13H12ClN3S. The molecule has 18 heavy (non-hydrogen) atoms. The van der Waals surface area contributed by atoms with Crippen LogP contribution in [0.3, 0.4) is 0 Å². The van der Waals surface area contributed by atoms with Gasteiger partial charge in [-0.15, -0.1) is 11.3 Å². The zero-order valence-corrected chi connectivity index (χ0v) is 11.6. The number of nitrogen functional groups attached to an aromatic ring is 1. The first-order valence-electron chi connectivity index (χ1n) is 5.56. The Balaban J connectivity index is 2.25. The molecule has 0 spiro atoms. The van der Waals surface area contributed by atoms with E-state index in [2.05, 4.69) is 10.4 Å². The lowest BCUT2D eigenvalue weighted by atomic mass is 10.1. The predicted octanol–water partition coefficient (Wildman–Crippen LogP) is 3.92. The number of nitrogens with zero attached hydrogens (tertiary/aromatic N) is 2. The molecule has 0 bridgehead atoms. The van der Waals surface area contributed by atoms with Gasteiger partial charge in [-0.05, 0) is 31.5 Å². The topological polar surface area (TPSA) is 43.3 Å². The Morgan fingerprint density at radius 2 is 2.11 bits per heavy atom. The zero-order valence-electron chi connectivity index (χ0n) is 10.1. The predicted molar refractivity (Wildman–Crippen MR) is 77.4 cm³/mol. The number of nitrogens with two attached hydrogens (primary N) is 1. The van der Waals surface area contributed by atoms with Gasteiger partial charge in [-0.1, -0.05) is 17.7 Å². The minimum atomic E-state index is 0.686. The van der Waals surface area contributed by atoms with Crippen molar-refractivity contribution < 1.29 is 0 Å². The van der Waals surface area contributed by atoms with E-state index < -0.39 is 0 Å². The van der Waals surface area contributed by atoms with E-state index in [0.717, 1.165) is 32.5 Å². The number of fused-ring (bicyclic) bond motifs is 1. The van der Waals surface area contributed by atoms with E-state index in [9.17, 15) is 0 Å². The summed E-state index contributed by atoms with van der Waals surface area (Å²) in [4.78, 5) is 5.51. The third-order valence-electron chi connectivity index (χ3n) is 3.00. The van der Waals surface area contributed by atoms with Crippen LogP contribution in [-0.4, -0.2) is 9.38 Å². The van der Waals surface area contributed by atoms with E-state index in [-0.39, 0.29) is 0 Å². The number of hydrogen-bond acceptors (Lipinski definition) is 3. The molecule has 0 saturated heterocycles. The summed E-state index contributed by atoms with van der Waals surface area (Å²) in [7, 11) is 0. The monoisotopic (exact) mass is 277 g/mol. The Kier molecular flexibility index (Phi) is 2.57. The minimum absolute atomic E-state index is 0.686. The molecule has 0 fully saturated rings. The van der Waals surface area contributed by atoms with Crippen molar-refractivity contribution in [2.24, 2.45) is 0 Å². The third-order valence-corrected chi connectivity index (χ3v) is 4.37. The van der Waals surface area contributed by atoms with Gasteiger partial charge in [0, 0.05) is 21.7 Å². The summed E-state index contributed by atoms with van der Waals surface area (Å²) in [6, 6.07) is 5.85. The molecule has 92 valence electrons. The number of anilines is 1. The van der Waals surface area contributed by atoms with Gasteiger partial charge in [-0.25, -0.2) is 4.98 Å². The number of aromatic nitrogens is 2. The Morgan fingerprint density at radius 3 is 2.78 bits per heavy atom. The molecule has 3 aromatic rings. The highest BCUT2D eigenvalue weighted by molar-refractivity contribution is 7.15. The Bertz CT molecular complexity index is 742. The van der Waals surface area contributed by atoms with Gasteiger partial charge in [-0.2, -0.15) is 0 Å². The van der Waals surface area contributed by atoms with E-state index in [1.807, 2.05) is 36.4 Å². The van der Waals surface area contributed by atoms with Crippen LogP contribution in [0.5, 0.6) is 0 Å². The average Bonchev–Trinajstić information content (AvgIpc) is 2.85. The third kappa shape index (κ3) is 1.61. The molecule has 3 rings (SSSR count). The van der Waals surface area contributed by atoms with Crippen molar-refractivity contribution in [3.05, 3.63) is 39.9 Å². The van der Waals surface area contributed by atoms with E-state index >= 15 is 0 Å². The molecule has 0 aliphatic heterocycles. The lowest BCUT2D eigenvalue weighted by Crippen LogP contribution is -1.95. The van der Waals surface area contributed by atoms with Gasteiger partial charge in [0.2, 0.25) is 0 Å². The highest BCUT2D eigenvalue weighted by Gasteiger charge is 2.14. The van der Waals surface area contributed by atoms with Crippen molar-refractivity contribution in [3.63, 3.8) is 0 Å². The van der Waals surface area contributed by atoms with Gasteiger partial charge in [0.25, 0.3) is 0 Å². The summed E-state index contributed by atoms with van der Waals surface area (Å²) >= 11 is 7.63. The van der Waals surface area contributed by atoms with Crippen LogP contribution in [0.4, 0.5) is 5.82 Å². The molecule has 3 nitrogen and oxygen atoms in total. The maximum Gasteiger partial charge on any atom is 0.196 e. The van der Waals surface area contributed by atoms with Gasteiger partial charge < -0.3 is 5.73 Å². The number of hydrogen-bond donors (Lipinski definition) is 1. The van der Waals surface area contributed by atoms with Gasteiger partial charge in [0.15, 0.2) is 4.96 Å². The highest BCUT2D eigenvalue weighted by Crippen LogP contribution is 2.31. The number of rotatable bonds is 1. The van der Waals surface area contributed by atoms with Gasteiger partial charge in [-0.3, -0.25) is 4.40 Å². The lowest BCUT2D eigenvalue weighted by Gasteiger charge is -2.03. The van der Waals surface area contributed by atoms with Gasteiger partial charge >= 0.3 is 0 Å². The maximum atomic E-state index is 6.18. The van der Waals surface area contributed by atoms with Gasteiger partial charge in [0.05, 0.1) is 0 Å². The highest BCUT2D eigenvalue weighted by atomic mass is 35.5. The summed E-state index contributed by atoms with van der Waals surface area (Å²) in [5, 5.41) is 2.81. The molecule has 1 aromatic carbocycles. The smallest absolute Gasteiger partial charge is 0.196 e. The zero-order chi connectivity index (χ0) is 12.9. The second kappa shape index (κ2) is 4.00. The van der Waals surface area contributed by atoms with Crippen molar-refractivity contribution in [2.45, 2.75) is 13.8 Å². The fraction of sp³-hybridized carbons (Fsp3) is 0.154. The van der Waals surface area contributed by atoms with E-state index in [1.54, 1.807) is 11.3 Å². The second-order valence-electron chi connectivity index (χ2n) is 4.30. The first-order valence-corrected chi connectivity index (χ1v) is 6.82. The van der Waals surface area contributed by atoms with Crippen molar-refractivity contribution in [1.29, 1.82) is 0 Å². The summed E-state index contributed by atoms with van der Waals surface area (Å²) in [6.07, 6.45) is 0. The molecule has 0 saturated carbocycles. The summed E-state index contributed by atoms with van der Waals surface area (Å²) in [5.41, 5.74) is 10.1. The largest absolute Gasteiger partial charge is 0.383 e. The van der Waals surface area contributed by atoms with Crippen molar-refractivity contribution in [1.82, 2.24) is 9.38 Å². The Labute approximate surface area is 114 Å². The van der Waals surface area contributed by atoms with Crippen LogP contribution < -0.4 is 5.73 Å². The van der Waals surface area contributed by atoms with Crippen LogP contribution in [0.2, 0.25) is 5.02 Å². The second-order valence-corrected chi connectivity index (χ2v) is 5.55. The van der Waals surface area contributed by atoms with Crippen LogP contribution in [0.1, 0.15) is 11.3 Å². The molecule has 2 heterocycles. The first-order chi connectivity index (χ1) is 8.58. The Hall–Kier alpha value is -1.52. The number of benzene rings is 1.